The first-order valence-corrected chi connectivity index (χ1v) is 9.00. The quantitative estimate of drug-likeness (QED) is 0.549. The van der Waals surface area contributed by atoms with Crippen LogP contribution in [-0.2, 0) is 20.9 Å². The van der Waals surface area contributed by atoms with Gasteiger partial charge in [-0.05, 0) is 49.2 Å². The van der Waals surface area contributed by atoms with Gasteiger partial charge in [0, 0.05) is 17.6 Å². The summed E-state index contributed by atoms with van der Waals surface area (Å²) in [5.41, 5.74) is 1.62. The molecule has 1 N–H and O–H groups in total. The third-order valence-corrected chi connectivity index (χ3v) is 4.04. The molecule has 0 aromatic heterocycles. The van der Waals surface area contributed by atoms with E-state index >= 15 is 0 Å². The zero-order valence-electron chi connectivity index (χ0n) is 15.3. The fraction of sp³-hybridized carbons (Fsp3) is 0.238. The van der Waals surface area contributed by atoms with Gasteiger partial charge in [-0.3, -0.25) is 4.79 Å². The van der Waals surface area contributed by atoms with Crippen molar-refractivity contribution in [2.75, 3.05) is 6.61 Å². The Morgan fingerprint density at radius 1 is 1.15 bits per heavy atom. The van der Waals surface area contributed by atoms with Crippen molar-refractivity contribution in [3.63, 3.8) is 0 Å². The number of nitrogens with one attached hydrogen (secondary N) is 1. The first-order chi connectivity index (χ1) is 13.0. The lowest BCUT2D eigenvalue weighted by Gasteiger charge is -2.13. The number of carbonyl (C=O) groups excluding carboxylic acids is 2. The van der Waals surface area contributed by atoms with Gasteiger partial charge >= 0.3 is 5.97 Å². The van der Waals surface area contributed by atoms with Gasteiger partial charge in [0.2, 0.25) is 0 Å². The zero-order chi connectivity index (χ0) is 19.6. The Morgan fingerprint density at radius 2 is 1.85 bits per heavy atom. The summed E-state index contributed by atoms with van der Waals surface area (Å²) in [7, 11) is 0. The van der Waals surface area contributed by atoms with E-state index in [1.165, 1.54) is 13.0 Å². The van der Waals surface area contributed by atoms with Crippen molar-refractivity contribution in [1.82, 2.24) is 5.32 Å². The van der Waals surface area contributed by atoms with E-state index in [0.29, 0.717) is 11.6 Å². The van der Waals surface area contributed by atoms with Crippen molar-refractivity contribution in [2.45, 2.75) is 26.5 Å². The Labute approximate surface area is 163 Å². The number of benzene rings is 2. The van der Waals surface area contributed by atoms with Crippen LogP contribution in [0.3, 0.4) is 0 Å². The smallest absolute Gasteiger partial charge is 0.331 e. The van der Waals surface area contributed by atoms with E-state index in [0.717, 1.165) is 16.9 Å². The van der Waals surface area contributed by atoms with E-state index in [4.69, 9.17) is 21.1 Å². The average Bonchev–Trinajstić information content (AvgIpc) is 2.66. The van der Waals surface area contributed by atoms with E-state index in [-0.39, 0.29) is 6.54 Å². The molecule has 0 radical (unpaired) electrons. The van der Waals surface area contributed by atoms with Gasteiger partial charge in [-0.2, -0.15) is 0 Å². The minimum atomic E-state index is -0.912. The Kier molecular flexibility index (Phi) is 7.89. The first kappa shape index (κ1) is 20.5. The molecule has 0 saturated heterocycles. The number of esters is 1. The fourth-order valence-electron chi connectivity index (χ4n) is 2.24. The van der Waals surface area contributed by atoms with E-state index in [2.05, 4.69) is 5.32 Å². The molecule has 2 aromatic rings. The van der Waals surface area contributed by atoms with Gasteiger partial charge in [-0.25, -0.2) is 4.79 Å². The molecule has 0 aliphatic rings. The number of carbonyl (C=O) groups is 2. The second kappa shape index (κ2) is 10.4. The molecule has 0 aliphatic carbocycles. The predicted octanol–water partition coefficient (Wildman–Crippen LogP) is 4.00. The minimum absolute atomic E-state index is 0.266. The van der Waals surface area contributed by atoms with Gasteiger partial charge < -0.3 is 14.8 Å². The molecule has 1 amide bonds. The lowest BCUT2D eigenvalue weighted by atomic mass is 10.2. The molecule has 0 bridgehead atoms. The maximum absolute atomic E-state index is 12.1. The zero-order valence-corrected chi connectivity index (χ0v) is 16.0. The molecule has 0 saturated carbocycles. The standard InChI is InChI=1S/C21H22ClNO4/c1-3-26-18-11-8-16(9-12-18)10-13-20(24)27-15(2)21(25)23-14-17-6-4-5-7-19(17)22/h4-13,15H,3,14H2,1-2H3,(H,23,25)/b13-10+. The van der Waals surface area contributed by atoms with Crippen LogP contribution in [0.15, 0.2) is 54.6 Å². The van der Waals surface area contributed by atoms with Crippen molar-refractivity contribution < 1.29 is 19.1 Å². The normalized spacial score (nSPS) is 11.8. The monoisotopic (exact) mass is 387 g/mol. The molecule has 1 atom stereocenters. The number of rotatable bonds is 8. The van der Waals surface area contributed by atoms with Crippen molar-refractivity contribution in [2.24, 2.45) is 0 Å². The van der Waals surface area contributed by atoms with Crippen LogP contribution in [0.25, 0.3) is 6.08 Å². The molecule has 6 heteroatoms. The van der Waals surface area contributed by atoms with Gasteiger partial charge in [-0.15, -0.1) is 0 Å². The lowest BCUT2D eigenvalue weighted by Crippen LogP contribution is -2.35. The molecule has 5 nitrogen and oxygen atoms in total. The van der Waals surface area contributed by atoms with Gasteiger partial charge in [0.1, 0.15) is 5.75 Å². The summed E-state index contributed by atoms with van der Waals surface area (Å²) in [5.74, 6) is -0.219. The van der Waals surface area contributed by atoms with Gasteiger partial charge in [0.05, 0.1) is 6.61 Å². The molecular weight excluding hydrogens is 366 g/mol. The highest BCUT2D eigenvalue weighted by molar-refractivity contribution is 6.31. The Bertz CT molecular complexity index is 802. The SMILES string of the molecule is CCOc1ccc(/C=C/C(=O)OC(C)C(=O)NCc2ccccc2Cl)cc1. The van der Waals surface area contributed by atoms with Crippen LogP contribution in [0.1, 0.15) is 25.0 Å². The van der Waals surface area contributed by atoms with E-state index < -0.39 is 18.0 Å². The number of ether oxygens (including phenoxy) is 2. The van der Waals surface area contributed by atoms with Gasteiger partial charge in [0.15, 0.2) is 6.10 Å². The molecule has 1 unspecified atom stereocenters. The number of hydrogen-bond acceptors (Lipinski definition) is 4. The summed E-state index contributed by atoms with van der Waals surface area (Å²) in [6.45, 7) is 4.29. The van der Waals surface area contributed by atoms with E-state index in [1.807, 2.05) is 49.4 Å². The number of hydrogen-bond donors (Lipinski definition) is 1. The topological polar surface area (TPSA) is 64.6 Å². The number of amides is 1. The van der Waals surface area contributed by atoms with Crippen LogP contribution >= 0.6 is 11.6 Å². The summed E-state index contributed by atoms with van der Waals surface area (Å²) < 4.78 is 10.5. The summed E-state index contributed by atoms with van der Waals surface area (Å²) in [5, 5.41) is 3.27. The van der Waals surface area contributed by atoms with Crippen LogP contribution in [0.2, 0.25) is 5.02 Å². The summed E-state index contributed by atoms with van der Waals surface area (Å²) >= 11 is 6.04. The average molecular weight is 388 g/mol. The summed E-state index contributed by atoms with van der Waals surface area (Å²) in [4.78, 5) is 24.0. The highest BCUT2D eigenvalue weighted by Gasteiger charge is 2.16. The van der Waals surface area contributed by atoms with Gasteiger partial charge in [0.25, 0.3) is 5.91 Å². The molecule has 0 spiro atoms. The highest BCUT2D eigenvalue weighted by atomic mass is 35.5. The third-order valence-electron chi connectivity index (χ3n) is 3.68. The molecular formula is C21H22ClNO4. The molecule has 2 rings (SSSR count). The van der Waals surface area contributed by atoms with E-state index in [1.54, 1.807) is 12.1 Å². The fourth-order valence-corrected chi connectivity index (χ4v) is 2.44. The Hall–Kier alpha value is -2.79. The minimum Gasteiger partial charge on any atom is -0.494 e. The van der Waals surface area contributed by atoms with Crippen molar-refractivity contribution >= 4 is 29.6 Å². The third kappa shape index (κ3) is 6.79. The van der Waals surface area contributed by atoms with E-state index in [9.17, 15) is 9.59 Å². The molecule has 27 heavy (non-hydrogen) atoms. The van der Waals surface area contributed by atoms with Crippen LogP contribution in [0.5, 0.6) is 5.75 Å². The second-order valence-electron chi connectivity index (χ2n) is 5.72. The lowest BCUT2D eigenvalue weighted by molar-refractivity contribution is -0.150. The Morgan fingerprint density at radius 3 is 2.52 bits per heavy atom. The van der Waals surface area contributed by atoms with Crippen LogP contribution < -0.4 is 10.1 Å². The van der Waals surface area contributed by atoms with Gasteiger partial charge in [-0.1, -0.05) is 41.9 Å². The second-order valence-corrected chi connectivity index (χ2v) is 6.13. The van der Waals surface area contributed by atoms with Crippen LogP contribution in [0, 0.1) is 0 Å². The predicted molar refractivity (Wildman–Crippen MR) is 105 cm³/mol. The van der Waals surface area contributed by atoms with Crippen molar-refractivity contribution in [1.29, 1.82) is 0 Å². The van der Waals surface area contributed by atoms with Crippen LogP contribution in [-0.4, -0.2) is 24.6 Å². The molecule has 0 heterocycles. The molecule has 0 fully saturated rings. The molecule has 2 aromatic carbocycles. The number of halogens is 1. The maximum atomic E-state index is 12.1. The first-order valence-electron chi connectivity index (χ1n) is 8.62. The maximum Gasteiger partial charge on any atom is 0.331 e. The molecule has 0 aliphatic heterocycles. The van der Waals surface area contributed by atoms with Crippen molar-refractivity contribution in [3.8, 4) is 5.75 Å². The Balaban J connectivity index is 1.81. The largest absolute Gasteiger partial charge is 0.494 e. The highest BCUT2D eigenvalue weighted by Crippen LogP contribution is 2.15. The summed E-state index contributed by atoms with van der Waals surface area (Å²) in [6.07, 6.45) is 1.99. The summed E-state index contributed by atoms with van der Waals surface area (Å²) in [6, 6.07) is 14.5. The molecule has 142 valence electrons. The van der Waals surface area contributed by atoms with Crippen molar-refractivity contribution in [3.05, 3.63) is 70.8 Å². The van der Waals surface area contributed by atoms with Crippen LogP contribution in [0.4, 0.5) is 0 Å².